The van der Waals surface area contributed by atoms with E-state index in [1.165, 1.54) is 60.9 Å². The molecule has 1 heterocycles. The molecule has 2 aromatic rings. The van der Waals surface area contributed by atoms with Gasteiger partial charge in [-0.15, -0.1) is 0 Å². The Morgan fingerprint density at radius 1 is 1.14 bits per heavy atom. The molecule has 0 atom stereocenters. The van der Waals surface area contributed by atoms with Gasteiger partial charge < -0.3 is 5.32 Å². The van der Waals surface area contributed by atoms with Crippen LogP contribution in [0.3, 0.4) is 0 Å². The Kier molecular flexibility index (Phi) is 5.20. The number of halogens is 1. The second kappa shape index (κ2) is 7.32. The highest BCUT2D eigenvalue weighted by molar-refractivity contribution is 6.31. The zero-order valence-corrected chi connectivity index (χ0v) is 14.2. The first-order valence-corrected chi connectivity index (χ1v) is 9.02. The Morgan fingerprint density at radius 2 is 2.00 bits per heavy atom. The maximum absolute atomic E-state index is 6.16. The summed E-state index contributed by atoms with van der Waals surface area (Å²) in [5, 5.41) is 5.70. The van der Waals surface area contributed by atoms with Crippen LogP contribution in [0.2, 0.25) is 5.02 Å². The van der Waals surface area contributed by atoms with Crippen LogP contribution in [-0.4, -0.2) is 11.5 Å². The molecule has 0 aliphatic heterocycles. The molecule has 1 aromatic carbocycles. The number of nitrogens with zero attached hydrogens (tertiary/aromatic N) is 1. The van der Waals surface area contributed by atoms with E-state index in [0.717, 1.165) is 29.9 Å². The lowest BCUT2D eigenvalue weighted by molar-refractivity contribution is 0.668. The average Bonchev–Trinajstić information content (AvgIpc) is 2.53. The number of unbranched alkanes of at least 4 members (excludes halogenated alkanes) is 3. The summed E-state index contributed by atoms with van der Waals surface area (Å²) in [7, 11) is 0. The van der Waals surface area contributed by atoms with E-state index >= 15 is 0 Å². The third-order valence-electron chi connectivity index (χ3n) is 4.56. The van der Waals surface area contributed by atoms with Crippen LogP contribution in [0.5, 0.6) is 0 Å². The minimum absolute atomic E-state index is 0.768. The fourth-order valence-electron chi connectivity index (χ4n) is 3.37. The third-order valence-corrected chi connectivity index (χ3v) is 4.79. The van der Waals surface area contributed by atoms with Crippen LogP contribution in [0.15, 0.2) is 18.2 Å². The zero-order chi connectivity index (χ0) is 15.4. The fourth-order valence-corrected chi connectivity index (χ4v) is 3.53. The van der Waals surface area contributed by atoms with Crippen molar-refractivity contribution >= 4 is 28.2 Å². The van der Waals surface area contributed by atoms with E-state index in [2.05, 4.69) is 18.3 Å². The van der Waals surface area contributed by atoms with Crippen molar-refractivity contribution in [1.29, 1.82) is 0 Å². The first kappa shape index (κ1) is 15.6. The number of hydrogen-bond donors (Lipinski definition) is 1. The van der Waals surface area contributed by atoms with E-state index in [4.69, 9.17) is 16.6 Å². The number of fused-ring (bicyclic) bond motifs is 2. The number of anilines is 1. The lowest BCUT2D eigenvalue weighted by Crippen LogP contribution is -2.12. The summed E-state index contributed by atoms with van der Waals surface area (Å²) < 4.78 is 0. The van der Waals surface area contributed by atoms with Crippen LogP contribution in [-0.2, 0) is 12.8 Å². The monoisotopic (exact) mass is 316 g/mol. The Morgan fingerprint density at radius 3 is 2.86 bits per heavy atom. The van der Waals surface area contributed by atoms with Gasteiger partial charge in [0.15, 0.2) is 0 Å². The first-order valence-electron chi connectivity index (χ1n) is 8.64. The molecule has 0 unspecified atom stereocenters. The molecule has 0 amide bonds. The van der Waals surface area contributed by atoms with Gasteiger partial charge in [0.2, 0.25) is 0 Å². The maximum atomic E-state index is 6.16. The molecule has 3 rings (SSSR count). The maximum Gasteiger partial charge on any atom is 0.0741 e. The number of pyridine rings is 1. The lowest BCUT2D eigenvalue weighted by atomic mass is 9.92. The molecule has 1 aliphatic carbocycles. The molecule has 3 heteroatoms. The molecule has 1 aromatic heterocycles. The van der Waals surface area contributed by atoms with E-state index < -0.39 is 0 Å². The van der Waals surface area contributed by atoms with Gasteiger partial charge in [-0.3, -0.25) is 4.98 Å². The van der Waals surface area contributed by atoms with Gasteiger partial charge in [0.05, 0.1) is 5.52 Å². The van der Waals surface area contributed by atoms with E-state index in [1.807, 2.05) is 12.1 Å². The summed E-state index contributed by atoms with van der Waals surface area (Å²) in [5.74, 6) is 0. The highest BCUT2D eigenvalue weighted by Crippen LogP contribution is 2.34. The van der Waals surface area contributed by atoms with Gasteiger partial charge in [0.25, 0.3) is 0 Å². The van der Waals surface area contributed by atoms with E-state index in [-0.39, 0.29) is 0 Å². The van der Waals surface area contributed by atoms with Crippen LogP contribution in [0.25, 0.3) is 10.9 Å². The molecular weight excluding hydrogens is 292 g/mol. The second-order valence-electron chi connectivity index (χ2n) is 6.27. The molecule has 118 valence electrons. The molecule has 0 saturated heterocycles. The normalized spacial score (nSPS) is 14.1. The predicted octanol–water partition coefficient (Wildman–Crippen LogP) is 5.76. The Balaban J connectivity index is 1.91. The number of nitrogens with one attached hydrogen (secondary N) is 1. The molecule has 1 N–H and O–H groups in total. The summed E-state index contributed by atoms with van der Waals surface area (Å²) in [6.45, 7) is 3.30. The van der Waals surface area contributed by atoms with Crippen molar-refractivity contribution < 1.29 is 0 Å². The van der Waals surface area contributed by atoms with Gasteiger partial charge >= 0.3 is 0 Å². The molecule has 2 nitrogen and oxygen atoms in total. The average molecular weight is 317 g/mol. The minimum atomic E-state index is 0.768. The van der Waals surface area contributed by atoms with Crippen molar-refractivity contribution in [3.05, 3.63) is 34.5 Å². The number of benzene rings is 1. The van der Waals surface area contributed by atoms with Gasteiger partial charge in [0, 0.05) is 28.3 Å². The quantitative estimate of drug-likeness (QED) is 0.685. The van der Waals surface area contributed by atoms with Crippen LogP contribution >= 0.6 is 11.6 Å². The number of aromatic nitrogens is 1. The second-order valence-corrected chi connectivity index (χ2v) is 6.70. The first-order chi connectivity index (χ1) is 10.8. The number of hydrogen-bond acceptors (Lipinski definition) is 2. The zero-order valence-electron chi connectivity index (χ0n) is 13.4. The Labute approximate surface area is 138 Å². The molecule has 0 saturated carbocycles. The van der Waals surface area contributed by atoms with Crippen LogP contribution in [0.4, 0.5) is 5.69 Å². The predicted molar refractivity (Wildman–Crippen MR) is 96.0 cm³/mol. The molecule has 0 spiro atoms. The molecule has 1 aliphatic rings. The van der Waals surface area contributed by atoms with Gasteiger partial charge in [-0.2, -0.15) is 0 Å². The van der Waals surface area contributed by atoms with E-state index in [0.29, 0.717) is 0 Å². The summed E-state index contributed by atoms with van der Waals surface area (Å²) in [5.41, 5.74) is 5.06. The summed E-state index contributed by atoms with van der Waals surface area (Å²) >= 11 is 6.16. The lowest BCUT2D eigenvalue weighted by Gasteiger charge is -2.21. The summed E-state index contributed by atoms with van der Waals surface area (Å²) in [4.78, 5) is 4.87. The topological polar surface area (TPSA) is 24.9 Å². The van der Waals surface area contributed by atoms with Gasteiger partial charge in [0.1, 0.15) is 0 Å². The Bertz CT molecular complexity index is 651. The van der Waals surface area contributed by atoms with Crippen LogP contribution in [0, 0.1) is 0 Å². The fraction of sp³-hybridized carbons (Fsp3) is 0.526. The molecule has 0 fully saturated rings. The number of aryl methyl sites for hydroxylation is 1. The van der Waals surface area contributed by atoms with Crippen molar-refractivity contribution in [1.82, 2.24) is 4.98 Å². The SMILES string of the molecule is CCCCCCNc1c2c(nc3cc(Cl)ccc13)CCCC2. The Hall–Kier alpha value is -1.28. The third kappa shape index (κ3) is 3.38. The van der Waals surface area contributed by atoms with Crippen molar-refractivity contribution in [2.75, 3.05) is 11.9 Å². The molecule has 22 heavy (non-hydrogen) atoms. The van der Waals surface area contributed by atoms with E-state index in [9.17, 15) is 0 Å². The summed E-state index contributed by atoms with van der Waals surface area (Å²) in [6, 6.07) is 6.09. The smallest absolute Gasteiger partial charge is 0.0741 e. The highest BCUT2D eigenvalue weighted by atomic mass is 35.5. The highest BCUT2D eigenvalue weighted by Gasteiger charge is 2.18. The summed E-state index contributed by atoms with van der Waals surface area (Å²) in [6.07, 6.45) is 9.93. The van der Waals surface area contributed by atoms with Gasteiger partial charge in [-0.1, -0.05) is 37.8 Å². The van der Waals surface area contributed by atoms with Crippen molar-refractivity contribution in [3.63, 3.8) is 0 Å². The molecular formula is C19H25ClN2. The minimum Gasteiger partial charge on any atom is -0.384 e. The molecule has 0 radical (unpaired) electrons. The van der Waals surface area contributed by atoms with Crippen LogP contribution in [0.1, 0.15) is 56.7 Å². The van der Waals surface area contributed by atoms with Crippen LogP contribution < -0.4 is 5.32 Å². The number of rotatable bonds is 6. The van der Waals surface area contributed by atoms with Gasteiger partial charge in [-0.05, 0) is 55.9 Å². The van der Waals surface area contributed by atoms with E-state index in [1.54, 1.807) is 0 Å². The van der Waals surface area contributed by atoms with Crippen molar-refractivity contribution in [2.24, 2.45) is 0 Å². The largest absolute Gasteiger partial charge is 0.384 e. The standard InChI is InChI=1S/C19H25ClN2/c1-2-3-4-7-12-21-19-15-8-5-6-9-17(15)22-18-13-14(20)10-11-16(18)19/h10-11,13H,2-9,12H2,1H3,(H,21,22). The van der Waals surface area contributed by atoms with Gasteiger partial charge in [-0.25, -0.2) is 0 Å². The molecule has 0 bridgehead atoms. The van der Waals surface area contributed by atoms with Crippen molar-refractivity contribution in [2.45, 2.75) is 58.3 Å². The van der Waals surface area contributed by atoms with Crippen molar-refractivity contribution in [3.8, 4) is 0 Å².